The first-order valence-corrected chi connectivity index (χ1v) is 5.04. The summed E-state index contributed by atoms with van der Waals surface area (Å²) in [7, 11) is 0. The third kappa shape index (κ3) is 76.5. The molecule has 0 amide bonds. The van der Waals surface area contributed by atoms with Crippen LogP contribution in [0.1, 0.15) is 26.7 Å². The fourth-order valence-electron chi connectivity index (χ4n) is 0.360. The molecule has 0 aliphatic heterocycles. The van der Waals surface area contributed by atoms with Crippen LogP contribution < -0.4 is 0 Å². The van der Waals surface area contributed by atoms with E-state index in [1.165, 1.54) is 6.92 Å². The van der Waals surface area contributed by atoms with Crippen LogP contribution in [0.4, 0.5) is 0 Å². The Hall–Kier alpha value is -1.13. The molecule has 0 aliphatic rings. The highest BCUT2D eigenvalue weighted by atomic mass is 16.5. The van der Waals surface area contributed by atoms with E-state index in [2.05, 4.69) is 38.0 Å². The Bertz CT molecular complexity index is 112. The van der Waals surface area contributed by atoms with Crippen LogP contribution in [0.5, 0.6) is 0 Å². The molecule has 4 heteroatoms. The van der Waals surface area contributed by atoms with Crippen molar-refractivity contribution in [2.45, 2.75) is 26.7 Å². The van der Waals surface area contributed by atoms with Gasteiger partial charge in [-0.15, -0.1) is 26.3 Å². The summed E-state index contributed by atoms with van der Waals surface area (Å²) in [6, 6.07) is 0. The fourth-order valence-corrected chi connectivity index (χ4v) is 0.360. The Morgan fingerprint density at radius 2 is 1.50 bits per heavy atom. The summed E-state index contributed by atoms with van der Waals surface area (Å²) >= 11 is 0. The Morgan fingerprint density at radius 1 is 1.12 bits per heavy atom. The van der Waals surface area contributed by atoms with Crippen molar-refractivity contribution >= 4 is 5.97 Å². The number of ether oxygens (including phenoxy) is 1. The van der Waals surface area contributed by atoms with Gasteiger partial charge in [0.2, 0.25) is 0 Å². The van der Waals surface area contributed by atoms with Gasteiger partial charge in [0, 0.05) is 6.92 Å². The lowest BCUT2D eigenvalue weighted by Crippen LogP contribution is -1.99. The summed E-state index contributed by atoms with van der Waals surface area (Å²) in [5.41, 5.74) is 0. The number of aliphatic hydroxyl groups is 2. The van der Waals surface area contributed by atoms with E-state index in [-0.39, 0.29) is 19.2 Å². The number of rotatable bonds is 4. The molecule has 98 valence electrons. The highest BCUT2D eigenvalue weighted by molar-refractivity contribution is 5.65. The van der Waals surface area contributed by atoms with Crippen molar-refractivity contribution in [2.75, 3.05) is 19.8 Å². The van der Waals surface area contributed by atoms with Crippen molar-refractivity contribution in [2.24, 2.45) is 0 Å². The van der Waals surface area contributed by atoms with Gasteiger partial charge in [0.15, 0.2) is 0 Å². The Kier molecular flexibility index (Phi) is 56.1. The third-order valence-corrected chi connectivity index (χ3v) is 0.903. The molecule has 0 bridgehead atoms. The molecule has 0 heterocycles. The molecular formula is C12H26O4. The van der Waals surface area contributed by atoms with Crippen molar-refractivity contribution in [3.63, 3.8) is 0 Å². The first-order valence-electron chi connectivity index (χ1n) is 5.04. The average molecular weight is 234 g/mol. The molecule has 4 nitrogen and oxygen atoms in total. The number of hydrogen-bond acceptors (Lipinski definition) is 4. The lowest BCUT2D eigenvalue weighted by molar-refractivity contribution is -0.141. The maximum absolute atomic E-state index is 10.1. The van der Waals surface area contributed by atoms with E-state index in [0.29, 0.717) is 6.61 Å². The number of esters is 1. The summed E-state index contributed by atoms with van der Waals surface area (Å²) < 4.78 is 4.64. The van der Waals surface area contributed by atoms with Crippen molar-refractivity contribution in [1.29, 1.82) is 0 Å². The number of aliphatic hydroxyl groups excluding tert-OH is 2. The SMILES string of the molecule is C=C.C=C.CCCCOC(C)=O.OCCO. The van der Waals surface area contributed by atoms with E-state index < -0.39 is 0 Å². The van der Waals surface area contributed by atoms with Crippen LogP contribution in [0, 0.1) is 0 Å². The third-order valence-electron chi connectivity index (χ3n) is 0.903. The molecule has 0 aliphatic carbocycles. The monoisotopic (exact) mass is 234 g/mol. The van der Waals surface area contributed by atoms with Gasteiger partial charge in [0.25, 0.3) is 0 Å². The highest BCUT2D eigenvalue weighted by Gasteiger charge is 1.88. The zero-order valence-electron chi connectivity index (χ0n) is 10.6. The Morgan fingerprint density at radius 3 is 1.69 bits per heavy atom. The smallest absolute Gasteiger partial charge is 0.302 e. The van der Waals surface area contributed by atoms with Gasteiger partial charge in [-0.2, -0.15) is 0 Å². The first-order chi connectivity index (χ1) is 7.68. The maximum Gasteiger partial charge on any atom is 0.302 e. The molecule has 0 rings (SSSR count). The fraction of sp³-hybridized carbons (Fsp3) is 0.583. The maximum atomic E-state index is 10.1. The van der Waals surface area contributed by atoms with Gasteiger partial charge in [-0.05, 0) is 6.42 Å². The molecule has 0 fully saturated rings. The van der Waals surface area contributed by atoms with Crippen molar-refractivity contribution in [1.82, 2.24) is 0 Å². The predicted molar refractivity (Wildman–Crippen MR) is 68.2 cm³/mol. The standard InChI is InChI=1S/C6H12O2.C2H6O2.2C2H4/c1-3-4-5-8-6(2)7;3-1-2-4;2*1-2/h3-5H2,1-2H3;3-4H,1-2H2;2*1-2H2. The molecule has 16 heavy (non-hydrogen) atoms. The van der Waals surface area contributed by atoms with Crippen LogP contribution in [-0.4, -0.2) is 36.0 Å². The molecule has 0 saturated heterocycles. The lowest BCUT2D eigenvalue weighted by atomic mass is 10.4. The molecule has 0 aromatic rings. The molecule has 0 unspecified atom stereocenters. The number of unbranched alkanes of at least 4 members (excludes halogenated alkanes) is 1. The molecule has 0 spiro atoms. The van der Waals surface area contributed by atoms with Crippen molar-refractivity contribution < 1.29 is 19.7 Å². The minimum absolute atomic E-state index is 0.125. The van der Waals surface area contributed by atoms with Crippen LogP contribution in [0.15, 0.2) is 26.3 Å². The summed E-state index contributed by atoms with van der Waals surface area (Å²) in [4.78, 5) is 10.1. The van der Waals surface area contributed by atoms with E-state index >= 15 is 0 Å². The predicted octanol–water partition coefficient (Wildman–Crippen LogP) is 1.93. The van der Waals surface area contributed by atoms with E-state index in [1.807, 2.05) is 0 Å². The van der Waals surface area contributed by atoms with E-state index in [0.717, 1.165) is 12.8 Å². The zero-order valence-corrected chi connectivity index (χ0v) is 10.6. The van der Waals surface area contributed by atoms with Gasteiger partial charge in [0.1, 0.15) is 0 Å². The van der Waals surface area contributed by atoms with Crippen LogP contribution in [-0.2, 0) is 9.53 Å². The van der Waals surface area contributed by atoms with Crippen molar-refractivity contribution in [3.05, 3.63) is 26.3 Å². The first kappa shape index (κ1) is 24.2. The summed E-state index contributed by atoms with van der Waals surface area (Å²) in [5.74, 6) is -0.182. The van der Waals surface area contributed by atoms with Crippen LogP contribution in [0.25, 0.3) is 0 Å². The number of carbonyl (C=O) groups excluding carboxylic acids is 1. The second-order valence-electron chi connectivity index (χ2n) is 2.14. The number of carbonyl (C=O) groups is 1. The lowest BCUT2D eigenvalue weighted by Gasteiger charge is -1.96. The van der Waals surface area contributed by atoms with Gasteiger partial charge in [-0.1, -0.05) is 13.3 Å². The second kappa shape index (κ2) is 37.1. The minimum atomic E-state index is -0.182. The molecule has 0 saturated carbocycles. The molecule has 0 radical (unpaired) electrons. The van der Waals surface area contributed by atoms with Gasteiger partial charge in [0.05, 0.1) is 19.8 Å². The topological polar surface area (TPSA) is 66.8 Å². The zero-order chi connectivity index (χ0) is 13.8. The normalized spacial score (nSPS) is 6.75. The largest absolute Gasteiger partial charge is 0.466 e. The van der Waals surface area contributed by atoms with Gasteiger partial charge < -0.3 is 14.9 Å². The Labute approximate surface area is 99.3 Å². The van der Waals surface area contributed by atoms with Gasteiger partial charge in [-0.3, -0.25) is 4.79 Å². The number of hydrogen-bond donors (Lipinski definition) is 2. The Balaban J connectivity index is -0.0000000761. The van der Waals surface area contributed by atoms with Gasteiger partial charge >= 0.3 is 5.97 Å². The highest BCUT2D eigenvalue weighted by Crippen LogP contribution is 1.86. The molecular weight excluding hydrogens is 208 g/mol. The van der Waals surface area contributed by atoms with Crippen LogP contribution in [0.2, 0.25) is 0 Å². The summed E-state index contributed by atoms with van der Waals surface area (Å²) in [5, 5.41) is 15.2. The van der Waals surface area contributed by atoms with Gasteiger partial charge in [-0.25, -0.2) is 0 Å². The molecule has 0 aromatic heterocycles. The molecule has 0 atom stereocenters. The summed E-state index contributed by atoms with van der Waals surface area (Å²) in [6.45, 7) is 15.8. The quantitative estimate of drug-likeness (QED) is 0.443. The summed E-state index contributed by atoms with van der Waals surface area (Å²) in [6.07, 6.45) is 2.05. The van der Waals surface area contributed by atoms with Crippen LogP contribution in [0.3, 0.4) is 0 Å². The van der Waals surface area contributed by atoms with Crippen LogP contribution >= 0.6 is 0 Å². The van der Waals surface area contributed by atoms with Crippen molar-refractivity contribution in [3.8, 4) is 0 Å². The molecule has 0 aromatic carbocycles. The van der Waals surface area contributed by atoms with E-state index in [9.17, 15) is 4.79 Å². The molecule has 2 N–H and O–H groups in total. The average Bonchev–Trinajstić information content (AvgIpc) is 2.34. The second-order valence-corrected chi connectivity index (χ2v) is 2.14. The van der Waals surface area contributed by atoms with E-state index in [1.54, 1.807) is 0 Å². The minimum Gasteiger partial charge on any atom is -0.466 e. The van der Waals surface area contributed by atoms with E-state index in [4.69, 9.17) is 10.2 Å².